The number of allylic oxidation sites excluding steroid dienone is 1. The predicted octanol–water partition coefficient (Wildman–Crippen LogP) is 4.96. The Balaban J connectivity index is 1.43. The van der Waals surface area contributed by atoms with Gasteiger partial charge in [0, 0.05) is 36.0 Å². The van der Waals surface area contributed by atoms with Crippen LogP contribution in [0.25, 0.3) is 0 Å². The Hall–Kier alpha value is -3.24. The molecule has 1 fully saturated rings. The number of fused-ring (bicyclic) bond motifs is 2. The van der Waals surface area contributed by atoms with Crippen LogP contribution in [0.1, 0.15) is 50.2 Å². The van der Waals surface area contributed by atoms with Gasteiger partial charge in [-0.05, 0) is 62.4 Å². The van der Waals surface area contributed by atoms with E-state index in [2.05, 4.69) is 24.4 Å². The molecule has 186 valence electrons. The summed E-state index contributed by atoms with van der Waals surface area (Å²) in [6.45, 7) is 4.59. The predicted molar refractivity (Wildman–Crippen MR) is 142 cm³/mol. The van der Waals surface area contributed by atoms with Crippen molar-refractivity contribution < 1.29 is 14.3 Å². The monoisotopic (exact) mass is 501 g/mol. The van der Waals surface area contributed by atoms with E-state index in [9.17, 15) is 14.9 Å². The summed E-state index contributed by atoms with van der Waals surface area (Å²) in [5, 5.41) is 14.5. The number of anilines is 1. The lowest BCUT2D eigenvalue weighted by Gasteiger charge is -2.42. The Kier molecular flexibility index (Phi) is 7.06. The molecule has 0 radical (unpaired) electrons. The topological polar surface area (TPSA) is 82.4 Å². The van der Waals surface area contributed by atoms with Gasteiger partial charge in [0.25, 0.3) is 0 Å². The summed E-state index contributed by atoms with van der Waals surface area (Å²) >= 11 is 1.39. The lowest BCUT2D eigenvalue weighted by Crippen LogP contribution is -2.49. The number of nitriles is 1. The first-order valence-corrected chi connectivity index (χ1v) is 13.7. The van der Waals surface area contributed by atoms with Crippen LogP contribution in [0.4, 0.5) is 5.69 Å². The molecule has 6 nitrogen and oxygen atoms in total. The third-order valence-corrected chi connectivity index (χ3v) is 8.48. The zero-order chi connectivity index (χ0) is 25.2. The van der Waals surface area contributed by atoms with E-state index in [1.165, 1.54) is 17.3 Å². The maximum absolute atomic E-state index is 13.3. The molecule has 36 heavy (non-hydrogen) atoms. The van der Waals surface area contributed by atoms with Crippen molar-refractivity contribution in [1.29, 1.82) is 5.26 Å². The first kappa shape index (κ1) is 24.5. The number of rotatable bonds is 6. The Morgan fingerprint density at radius 3 is 2.75 bits per heavy atom. The molecule has 3 aliphatic rings. The second-order valence-corrected chi connectivity index (χ2v) is 10.7. The van der Waals surface area contributed by atoms with E-state index in [0.717, 1.165) is 41.3 Å². The summed E-state index contributed by atoms with van der Waals surface area (Å²) in [5.41, 5.74) is 3.65. The molecule has 0 unspecified atom stereocenters. The molecule has 0 spiro atoms. The van der Waals surface area contributed by atoms with Gasteiger partial charge in [0.2, 0.25) is 5.91 Å². The lowest BCUT2D eigenvalue weighted by atomic mass is 9.68. The molecule has 0 aromatic heterocycles. The summed E-state index contributed by atoms with van der Waals surface area (Å²) in [7, 11) is 0. The fourth-order valence-corrected chi connectivity index (χ4v) is 6.88. The number of ketones is 1. The van der Waals surface area contributed by atoms with Crippen molar-refractivity contribution in [1.82, 2.24) is 5.32 Å². The van der Waals surface area contributed by atoms with Crippen LogP contribution in [0.2, 0.25) is 0 Å². The number of Topliss-reactive ketones (excluding diaryl/α,β-unsaturated/α-hetero) is 1. The SMILES string of the molecule is CCOc1ccc([C@@H]2C(C#N)=C(SCC(=O)N3c4ccccc4C[C@@H]3C)N[C@@H]3CCCC(=O)[C@@H]32)cc1. The lowest BCUT2D eigenvalue weighted by molar-refractivity contribution is -0.126. The first-order chi connectivity index (χ1) is 17.5. The molecule has 4 atom stereocenters. The van der Waals surface area contributed by atoms with Gasteiger partial charge in [-0.15, -0.1) is 0 Å². The molecule has 5 rings (SSSR count). The summed E-state index contributed by atoms with van der Waals surface area (Å²) in [6.07, 6.45) is 3.10. The number of nitrogens with zero attached hydrogens (tertiary/aromatic N) is 2. The van der Waals surface area contributed by atoms with E-state index < -0.39 is 0 Å². The van der Waals surface area contributed by atoms with E-state index >= 15 is 0 Å². The molecule has 2 aliphatic heterocycles. The van der Waals surface area contributed by atoms with Crippen molar-refractivity contribution >= 4 is 29.1 Å². The molecule has 1 amide bonds. The van der Waals surface area contributed by atoms with Crippen LogP contribution in [-0.4, -0.2) is 36.1 Å². The highest BCUT2D eigenvalue weighted by Crippen LogP contribution is 2.45. The molecular weight excluding hydrogens is 470 g/mol. The quantitative estimate of drug-likeness (QED) is 0.603. The van der Waals surface area contributed by atoms with Crippen LogP contribution in [-0.2, 0) is 16.0 Å². The van der Waals surface area contributed by atoms with Crippen LogP contribution >= 0.6 is 11.8 Å². The first-order valence-electron chi connectivity index (χ1n) is 12.7. The standard InChI is InChI=1S/C29H31N3O3S/c1-3-35-21-13-11-19(12-14-21)27-22(16-30)29(31-23-8-6-10-25(33)28(23)27)36-17-26(34)32-18(2)15-20-7-4-5-9-24(20)32/h4-5,7,9,11-14,18,23,27-28,31H,3,6,8,10,15,17H2,1-2H3/t18-,23+,27+,28+/m0/s1. The molecule has 0 saturated heterocycles. The van der Waals surface area contributed by atoms with Gasteiger partial charge in [-0.1, -0.05) is 42.1 Å². The minimum absolute atomic E-state index is 0.0310. The normalized spacial score (nSPS) is 25.0. The molecule has 2 aromatic rings. The largest absolute Gasteiger partial charge is 0.494 e. The Labute approximate surface area is 216 Å². The molecule has 0 bridgehead atoms. The molecule has 7 heteroatoms. The second-order valence-electron chi connectivity index (χ2n) is 9.70. The van der Waals surface area contributed by atoms with E-state index in [-0.39, 0.29) is 41.4 Å². The number of carbonyl (C=O) groups excluding carboxylic acids is 2. The molecule has 2 heterocycles. The number of hydrogen-bond donors (Lipinski definition) is 1. The number of ether oxygens (including phenoxy) is 1. The molecule has 1 aliphatic carbocycles. The molecule has 1 N–H and O–H groups in total. The van der Waals surface area contributed by atoms with Crippen molar-refractivity contribution in [3.05, 3.63) is 70.3 Å². The van der Waals surface area contributed by atoms with Crippen molar-refractivity contribution in [3.63, 3.8) is 0 Å². The van der Waals surface area contributed by atoms with E-state index in [1.807, 2.05) is 54.3 Å². The van der Waals surface area contributed by atoms with Crippen molar-refractivity contribution in [3.8, 4) is 11.8 Å². The minimum atomic E-state index is -0.325. The van der Waals surface area contributed by atoms with Crippen LogP contribution in [0.15, 0.2) is 59.1 Å². The van der Waals surface area contributed by atoms with Crippen molar-refractivity contribution in [2.75, 3.05) is 17.3 Å². The van der Waals surface area contributed by atoms with Gasteiger partial charge < -0.3 is 15.0 Å². The van der Waals surface area contributed by atoms with E-state index in [0.29, 0.717) is 18.6 Å². The van der Waals surface area contributed by atoms with Crippen LogP contribution in [0, 0.1) is 17.2 Å². The number of hydrogen-bond acceptors (Lipinski definition) is 6. The highest BCUT2D eigenvalue weighted by atomic mass is 32.2. The number of para-hydroxylation sites is 1. The van der Waals surface area contributed by atoms with Gasteiger partial charge in [0.15, 0.2) is 0 Å². The van der Waals surface area contributed by atoms with Crippen LogP contribution in [0.5, 0.6) is 5.75 Å². The Bertz CT molecular complexity index is 1230. The fraction of sp³-hybridized carbons (Fsp3) is 0.414. The number of carbonyl (C=O) groups is 2. The average molecular weight is 502 g/mol. The number of thioether (sulfide) groups is 1. The fourth-order valence-electron chi connectivity index (χ4n) is 5.91. The van der Waals surface area contributed by atoms with E-state index in [4.69, 9.17) is 4.74 Å². The van der Waals surface area contributed by atoms with Gasteiger partial charge in [0.1, 0.15) is 11.5 Å². The summed E-state index contributed by atoms with van der Waals surface area (Å²) in [4.78, 5) is 28.3. The second kappa shape index (κ2) is 10.4. The average Bonchev–Trinajstić information content (AvgIpc) is 3.23. The minimum Gasteiger partial charge on any atom is -0.494 e. The highest BCUT2D eigenvalue weighted by molar-refractivity contribution is 8.03. The number of benzene rings is 2. The number of amides is 1. The van der Waals surface area contributed by atoms with Gasteiger partial charge in [-0.2, -0.15) is 5.26 Å². The number of nitrogens with one attached hydrogen (secondary N) is 1. The van der Waals surface area contributed by atoms with E-state index in [1.54, 1.807) is 0 Å². The molecular formula is C29H31N3O3S. The third-order valence-electron chi connectivity index (χ3n) is 7.46. The zero-order valence-corrected chi connectivity index (χ0v) is 21.5. The van der Waals surface area contributed by atoms with Gasteiger partial charge in [-0.3, -0.25) is 9.59 Å². The molecule has 1 saturated carbocycles. The van der Waals surface area contributed by atoms with Crippen molar-refractivity contribution in [2.45, 2.75) is 57.5 Å². The highest BCUT2D eigenvalue weighted by Gasteiger charge is 2.45. The van der Waals surface area contributed by atoms with Gasteiger partial charge in [-0.25, -0.2) is 0 Å². The molecule has 2 aromatic carbocycles. The van der Waals surface area contributed by atoms with Gasteiger partial charge >= 0.3 is 0 Å². The van der Waals surface area contributed by atoms with Crippen LogP contribution < -0.4 is 15.0 Å². The third kappa shape index (κ3) is 4.51. The van der Waals surface area contributed by atoms with Crippen molar-refractivity contribution in [2.24, 2.45) is 5.92 Å². The maximum atomic E-state index is 13.3. The maximum Gasteiger partial charge on any atom is 0.237 e. The smallest absolute Gasteiger partial charge is 0.237 e. The van der Waals surface area contributed by atoms with Gasteiger partial charge in [0.05, 0.1) is 29.0 Å². The zero-order valence-electron chi connectivity index (χ0n) is 20.7. The Morgan fingerprint density at radius 1 is 1.22 bits per heavy atom. The van der Waals surface area contributed by atoms with Crippen LogP contribution in [0.3, 0.4) is 0 Å². The summed E-state index contributed by atoms with van der Waals surface area (Å²) in [6, 6.07) is 18.3. The summed E-state index contributed by atoms with van der Waals surface area (Å²) in [5.74, 6) is 0.625. The Morgan fingerprint density at radius 2 is 2.00 bits per heavy atom. The summed E-state index contributed by atoms with van der Waals surface area (Å²) < 4.78 is 5.59.